The Kier molecular flexibility index (Phi) is 9.56. The third-order valence-electron chi connectivity index (χ3n) is 5.66. The second-order valence-corrected chi connectivity index (χ2v) is 13.7. The summed E-state index contributed by atoms with van der Waals surface area (Å²) in [5.74, 6) is -1.88. The van der Waals surface area contributed by atoms with Crippen LogP contribution in [0.5, 0.6) is 0 Å². The highest BCUT2D eigenvalue weighted by Crippen LogP contribution is 2.51. The average Bonchev–Trinajstić information content (AvgIpc) is 2.51. The zero-order valence-corrected chi connectivity index (χ0v) is 17.7. The van der Waals surface area contributed by atoms with Crippen LogP contribution in [0.15, 0.2) is 12.7 Å². The van der Waals surface area contributed by atoms with Gasteiger partial charge < -0.3 is 9.47 Å². The molecule has 0 N–H and O–H groups in total. The minimum absolute atomic E-state index is 0.342. The second kappa shape index (κ2) is 10.0. The first-order valence-corrected chi connectivity index (χ1v) is 11.2. The van der Waals surface area contributed by atoms with Crippen molar-refractivity contribution in [2.24, 2.45) is 5.92 Å². The number of carbonyl (C=O) groups excluding carboxylic acids is 2. The van der Waals surface area contributed by atoms with Gasteiger partial charge in [0.05, 0.1) is 22.3 Å². The molecule has 0 bridgehead atoms. The highest BCUT2D eigenvalue weighted by atomic mass is 28.3. The zero-order valence-electron chi connectivity index (χ0n) is 16.7. The molecular weight excluding hydrogens is 320 g/mol. The fraction of sp³-hybridized carbons (Fsp3) is 0.789. The van der Waals surface area contributed by atoms with Gasteiger partial charge in [0.1, 0.15) is 0 Å². The van der Waals surface area contributed by atoms with Crippen molar-refractivity contribution in [3.05, 3.63) is 12.7 Å². The standard InChI is InChI=1S/C19H36O4Si/c1-10-16(24(13(2)3,14(4)5)15(6)7)11-12-17(18(20)22-8)19(21)23-9/h10,13-17H,1,11-12H2,2-9H3. The first kappa shape index (κ1) is 22.9. The maximum atomic E-state index is 11.9. The molecule has 0 aromatic rings. The third kappa shape index (κ3) is 4.71. The van der Waals surface area contributed by atoms with Gasteiger partial charge in [-0.2, -0.15) is 0 Å². The van der Waals surface area contributed by atoms with Crippen molar-refractivity contribution < 1.29 is 19.1 Å². The minimum Gasteiger partial charge on any atom is -0.468 e. The molecule has 5 heteroatoms. The zero-order chi connectivity index (χ0) is 19.1. The van der Waals surface area contributed by atoms with Crippen molar-refractivity contribution in [1.82, 2.24) is 0 Å². The summed E-state index contributed by atoms with van der Waals surface area (Å²) in [7, 11) is 0.872. The van der Waals surface area contributed by atoms with Crippen LogP contribution in [0.25, 0.3) is 0 Å². The molecule has 0 aliphatic heterocycles. The maximum Gasteiger partial charge on any atom is 0.320 e. The molecule has 0 saturated carbocycles. The number of allylic oxidation sites excluding steroid dienone is 1. The van der Waals surface area contributed by atoms with Crippen molar-refractivity contribution in [3.63, 3.8) is 0 Å². The molecule has 0 radical (unpaired) electrons. The van der Waals surface area contributed by atoms with E-state index in [1.54, 1.807) is 0 Å². The van der Waals surface area contributed by atoms with Gasteiger partial charge in [-0.15, -0.1) is 6.58 Å². The monoisotopic (exact) mass is 356 g/mol. The lowest BCUT2D eigenvalue weighted by Gasteiger charge is -2.48. The predicted molar refractivity (Wildman–Crippen MR) is 102 cm³/mol. The largest absolute Gasteiger partial charge is 0.468 e. The van der Waals surface area contributed by atoms with E-state index in [1.165, 1.54) is 14.2 Å². The summed E-state index contributed by atoms with van der Waals surface area (Å²) in [6.45, 7) is 17.9. The predicted octanol–water partition coefficient (Wildman–Crippen LogP) is 4.96. The fourth-order valence-electron chi connectivity index (χ4n) is 4.82. The van der Waals surface area contributed by atoms with Crippen molar-refractivity contribution in [3.8, 4) is 0 Å². The molecule has 0 spiro atoms. The fourth-order valence-corrected chi connectivity index (χ4v) is 12.5. The Bertz CT molecular complexity index is 391. The van der Waals surface area contributed by atoms with E-state index >= 15 is 0 Å². The summed E-state index contributed by atoms with van der Waals surface area (Å²) in [6.07, 6.45) is 3.26. The number of esters is 2. The molecule has 4 nitrogen and oxygen atoms in total. The van der Waals surface area contributed by atoms with E-state index in [1.807, 2.05) is 0 Å². The molecule has 0 aliphatic carbocycles. The third-order valence-corrected chi connectivity index (χ3v) is 13.5. The molecule has 0 rings (SSSR count). The van der Waals surface area contributed by atoms with Crippen LogP contribution in [0.2, 0.25) is 22.2 Å². The lowest BCUT2D eigenvalue weighted by atomic mass is 10.0. The summed E-state index contributed by atoms with van der Waals surface area (Å²) in [4.78, 5) is 23.9. The van der Waals surface area contributed by atoms with Gasteiger partial charge in [-0.25, -0.2) is 0 Å². The highest BCUT2D eigenvalue weighted by molar-refractivity contribution is 6.85. The van der Waals surface area contributed by atoms with Gasteiger partial charge in [0.2, 0.25) is 0 Å². The normalized spacial score (nSPS) is 13.5. The van der Waals surface area contributed by atoms with Gasteiger partial charge in [0, 0.05) is 0 Å². The number of hydrogen-bond donors (Lipinski definition) is 0. The topological polar surface area (TPSA) is 52.6 Å². The van der Waals surface area contributed by atoms with Crippen LogP contribution in [0.3, 0.4) is 0 Å². The first-order chi connectivity index (χ1) is 11.1. The van der Waals surface area contributed by atoms with E-state index in [9.17, 15) is 9.59 Å². The Morgan fingerprint density at radius 3 is 1.50 bits per heavy atom. The number of ether oxygens (including phenoxy) is 2. The van der Waals surface area contributed by atoms with Crippen molar-refractivity contribution in [2.75, 3.05) is 14.2 Å². The van der Waals surface area contributed by atoms with Crippen LogP contribution in [0, 0.1) is 5.92 Å². The summed E-state index contributed by atoms with van der Waals surface area (Å²) in [5.41, 5.74) is 2.12. The molecule has 24 heavy (non-hydrogen) atoms. The van der Waals surface area contributed by atoms with Gasteiger partial charge in [0.15, 0.2) is 5.92 Å². The van der Waals surface area contributed by atoms with E-state index < -0.39 is 25.9 Å². The van der Waals surface area contributed by atoms with Crippen molar-refractivity contribution >= 4 is 20.0 Å². The molecule has 1 unspecified atom stereocenters. The van der Waals surface area contributed by atoms with Crippen molar-refractivity contribution in [1.29, 1.82) is 0 Å². The Morgan fingerprint density at radius 1 is 0.875 bits per heavy atom. The smallest absolute Gasteiger partial charge is 0.320 e. The quantitative estimate of drug-likeness (QED) is 0.240. The van der Waals surface area contributed by atoms with Gasteiger partial charge in [-0.05, 0) is 18.4 Å². The van der Waals surface area contributed by atoms with E-state index in [4.69, 9.17) is 9.47 Å². The highest BCUT2D eigenvalue weighted by Gasteiger charge is 2.47. The summed E-state index contributed by atoms with van der Waals surface area (Å²) < 4.78 is 9.55. The lowest BCUT2D eigenvalue weighted by molar-refractivity contribution is -0.159. The minimum atomic E-state index is -1.74. The van der Waals surface area contributed by atoms with Crippen LogP contribution in [0.1, 0.15) is 54.4 Å². The Hall–Kier alpha value is -1.10. The molecule has 0 aromatic heterocycles. The average molecular weight is 357 g/mol. The van der Waals surface area contributed by atoms with Gasteiger partial charge in [0.25, 0.3) is 0 Å². The number of rotatable bonds is 10. The van der Waals surface area contributed by atoms with E-state index in [2.05, 4.69) is 54.2 Å². The van der Waals surface area contributed by atoms with Crippen LogP contribution in [-0.2, 0) is 19.1 Å². The number of methoxy groups -OCH3 is 2. The van der Waals surface area contributed by atoms with Crippen LogP contribution < -0.4 is 0 Å². The molecule has 0 saturated heterocycles. The van der Waals surface area contributed by atoms with Gasteiger partial charge >= 0.3 is 11.9 Å². The molecule has 0 aromatic carbocycles. The summed E-state index contributed by atoms with van der Waals surface area (Å²) in [6, 6.07) is 0. The lowest BCUT2D eigenvalue weighted by Crippen LogP contribution is -2.48. The number of hydrogen-bond acceptors (Lipinski definition) is 4. The molecule has 140 valence electrons. The molecule has 0 fully saturated rings. The first-order valence-electron chi connectivity index (χ1n) is 8.89. The van der Waals surface area contributed by atoms with E-state index in [0.717, 1.165) is 6.42 Å². The number of carbonyl (C=O) groups is 2. The van der Waals surface area contributed by atoms with Crippen LogP contribution >= 0.6 is 0 Å². The van der Waals surface area contributed by atoms with Crippen molar-refractivity contribution in [2.45, 2.75) is 76.5 Å². The van der Waals surface area contributed by atoms with Gasteiger partial charge in [-0.3, -0.25) is 9.59 Å². The summed E-state index contributed by atoms with van der Waals surface area (Å²) in [5, 5.41) is 0. The Labute approximate surface area is 149 Å². The van der Waals surface area contributed by atoms with E-state index in [0.29, 0.717) is 28.6 Å². The summed E-state index contributed by atoms with van der Waals surface area (Å²) >= 11 is 0. The Balaban J connectivity index is 5.55. The SMILES string of the molecule is C=CC(CCC(C(=O)OC)C(=O)OC)[Si](C(C)C)(C(C)C)C(C)C. The second-order valence-electron chi connectivity index (χ2n) is 7.48. The van der Waals surface area contributed by atoms with Crippen LogP contribution in [0.4, 0.5) is 0 Å². The maximum absolute atomic E-state index is 11.9. The molecule has 0 heterocycles. The molecule has 0 aliphatic rings. The molecule has 0 amide bonds. The molecule has 1 atom stereocenters. The Morgan fingerprint density at radius 2 is 1.25 bits per heavy atom. The van der Waals surface area contributed by atoms with E-state index in [-0.39, 0.29) is 0 Å². The molecular formula is C19H36O4Si. The van der Waals surface area contributed by atoms with Crippen LogP contribution in [-0.4, -0.2) is 34.2 Å². The van der Waals surface area contributed by atoms with Gasteiger partial charge in [-0.1, -0.05) is 64.2 Å².